The highest BCUT2D eigenvalue weighted by Crippen LogP contribution is 2.42. The SMILES string of the molecule is CCOC(=O)C(F)C1CCN(C(=O)C2CC(C)CC(C)(C)C2)C1. The minimum atomic E-state index is -1.62. The molecule has 0 N–H and O–H groups in total. The molecule has 0 radical (unpaired) electrons. The highest BCUT2D eigenvalue weighted by molar-refractivity contribution is 5.80. The third-order valence-electron chi connectivity index (χ3n) is 5.20. The van der Waals surface area contributed by atoms with Crippen molar-refractivity contribution in [2.24, 2.45) is 23.2 Å². The number of alkyl halides is 1. The average molecular weight is 327 g/mol. The summed E-state index contributed by atoms with van der Waals surface area (Å²) < 4.78 is 18.9. The molecular weight excluding hydrogens is 297 g/mol. The van der Waals surface area contributed by atoms with Gasteiger partial charge in [-0.25, -0.2) is 9.18 Å². The molecule has 0 aromatic carbocycles. The van der Waals surface area contributed by atoms with Crippen molar-refractivity contribution in [2.45, 2.75) is 59.5 Å². The quantitative estimate of drug-likeness (QED) is 0.745. The number of halogens is 1. The molecule has 2 fully saturated rings. The molecule has 0 spiro atoms. The van der Waals surface area contributed by atoms with Crippen LogP contribution in [-0.4, -0.2) is 42.6 Å². The number of nitrogens with zero attached hydrogens (tertiary/aromatic N) is 1. The Labute approximate surface area is 138 Å². The summed E-state index contributed by atoms with van der Waals surface area (Å²) in [5.41, 5.74) is 0.185. The largest absolute Gasteiger partial charge is 0.464 e. The van der Waals surface area contributed by atoms with Gasteiger partial charge in [-0.1, -0.05) is 20.8 Å². The van der Waals surface area contributed by atoms with Gasteiger partial charge in [0, 0.05) is 24.9 Å². The van der Waals surface area contributed by atoms with E-state index in [1.807, 2.05) is 0 Å². The summed E-state index contributed by atoms with van der Waals surface area (Å²) in [7, 11) is 0. The van der Waals surface area contributed by atoms with Crippen LogP contribution in [-0.2, 0) is 14.3 Å². The third-order valence-corrected chi connectivity index (χ3v) is 5.20. The molecule has 0 bridgehead atoms. The van der Waals surface area contributed by atoms with Crippen molar-refractivity contribution in [1.29, 1.82) is 0 Å². The Morgan fingerprint density at radius 3 is 2.65 bits per heavy atom. The van der Waals surface area contributed by atoms with E-state index in [1.54, 1.807) is 11.8 Å². The maximum Gasteiger partial charge on any atom is 0.341 e. The summed E-state index contributed by atoms with van der Waals surface area (Å²) in [5.74, 6) is -0.498. The first-order valence-electron chi connectivity index (χ1n) is 8.83. The Morgan fingerprint density at radius 1 is 1.35 bits per heavy atom. The Balaban J connectivity index is 1.93. The Hall–Kier alpha value is -1.13. The van der Waals surface area contributed by atoms with E-state index >= 15 is 0 Å². The Morgan fingerprint density at radius 2 is 2.04 bits per heavy atom. The number of hydrogen-bond acceptors (Lipinski definition) is 3. The van der Waals surface area contributed by atoms with Crippen LogP contribution in [0.2, 0.25) is 0 Å². The maximum atomic E-state index is 14.1. The predicted octanol–water partition coefficient (Wildman–Crippen LogP) is 3.20. The first kappa shape index (κ1) is 18.2. The molecule has 4 unspecified atom stereocenters. The number of amides is 1. The lowest BCUT2D eigenvalue weighted by molar-refractivity contribution is -0.151. The van der Waals surface area contributed by atoms with E-state index in [-0.39, 0.29) is 23.8 Å². The summed E-state index contributed by atoms with van der Waals surface area (Å²) in [6.07, 6.45) is 1.88. The number of ether oxygens (including phenoxy) is 1. The van der Waals surface area contributed by atoms with Gasteiger partial charge < -0.3 is 9.64 Å². The van der Waals surface area contributed by atoms with E-state index in [4.69, 9.17) is 4.74 Å². The summed E-state index contributed by atoms with van der Waals surface area (Å²) in [4.78, 5) is 26.1. The van der Waals surface area contributed by atoms with Crippen molar-refractivity contribution in [3.63, 3.8) is 0 Å². The van der Waals surface area contributed by atoms with Gasteiger partial charge in [0.15, 0.2) is 0 Å². The van der Waals surface area contributed by atoms with Gasteiger partial charge in [-0.15, -0.1) is 0 Å². The summed E-state index contributed by atoms with van der Waals surface area (Å²) in [5, 5.41) is 0. The van der Waals surface area contributed by atoms with Crippen molar-refractivity contribution < 1.29 is 18.7 Å². The number of carbonyl (C=O) groups excluding carboxylic acids is 2. The van der Waals surface area contributed by atoms with E-state index in [0.717, 1.165) is 19.3 Å². The van der Waals surface area contributed by atoms with Gasteiger partial charge in [0.2, 0.25) is 12.1 Å². The lowest BCUT2D eigenvalue weighted by Crippen LogP contribution is -2.41. The molecule has 0 aromatic heterocycles. The summed E-state index contributed by atoms with van der Waals surface area (Å²) in [6.45, 7) is 9.37. The topological polar surface area (TPSA) is 46.6 Å². The monoisotopic (exact) mass is 327 g/mol. The van der Waals surface area contributed by atoms with E-state index in [2.05, 4.69) is 20.8 Å². The van der Waals surface area contributed by atoms with Crippen LogP contribution in [0.3, 0.4) is 0 Å². The first-order chi connectivity index (χ1) is 10.7. The molecule has 2 aliphatic rings. The van der Waals surface area contributed by atoms with Crippen LogP contribution in [0.1, 0.15) is 53.4 Å². The molecule has 1 aliphatic heterocycles. The minimum absolute atomic E-state index is 0.0353. The van der Waals surface area contributed by atoms with Crippen molar-refractivity contribution in [3.8, 4) is 0 Å². The fourth-order valence-electron chi connectivity index (χ4n) is 4.43. The van der Waals surface area contributed by atoms with Gasteiger partial charge >= 0.3 is 5.97 Å². The lowest BCUT2D eigenvalue weighted by Gasteiger charge is -2.39. The van der Waals surface area contributed by atoms with Gasteiger partial charge in [-0.05, 0) is 43.9 Å². The van der Waals surface area contributed by atoms with Crippen LogP contribution < -0.4 is 0 Å². The molecule has 1 amide bonds. The fourth-order valence-corrected chi connectivity index (χ4v) is 4.43. The lowest BCUT2D eigenvalue weighted by atomic mass is 9.67. The molecule has 1 aliphatic carbocycles. The van der Waals surface area contributed by atoms with Crippen molar-refractivity contribution >= 4 is 11.9 Å². The number of rotatable bonds is 4. The molecule has 5 heteroatoms. The summed E-state index contributed by atoms with van der Waals surface area (Å²) >= 11 is 0. The standard InChI is InChI=1S/C18H30FNO3/c1-5-23-17(22)15(19)13-6-7-20(11-13)16(21)14-8-12(2)9-18(3,4)10-14/h12-15H,5-11H2,1-4H3. The molecule has 132 valence electrons. The zero-order valence-electron chi connectivity index (χ0n) is 14.8. The van der Waals surface area contributed by atoms with Gasteiger partial charge in [0.1, 0.15) is 0 Å². The van der Waals surface area contributed by atoms with Gasteiger partial charge in [-0.3, -0.25) is 4.79 Å². The first-order valence-corrected chi connectivity index (χ1v) is 8.83. The molecule has 4 nitrogen and oxygen atoms in total. The summed E-state index contributed by atoms with van der Waals surface area (Å²) in [6, 6.07) is 0. The maximum absolute atomic E-state index is 14.1. The second kappa shape index (κ2) is 7.18. The third kappa shape index (κ3) is 4.45. The number of likely N-dealkylation sites (tertiary alicyclic amines) is 1. The second-order valence-electron chi connectivity index (χ2n) is 8.10. The molecule has 0 aromatic rings. The molecule has 1 saturated carbocycles. The fraction of sp³-hybridized carbons (Fsp3) is 0.889. The van der Waals surface area contributed by atoms with Gasteiger partial charge in [-0.2, -0.15) is 0 Å². The van der Waals surface area contributed by atoms with Crippen LogP contribution >= 0.6 is 0 Å². The molecule has 4 atom stereocenters. The Kier molecular flexibility index (Phi) is 5.69. The highest BCUT2D eigenvalue weighted by Gasteiger charge is 2.41. The molecule has 1 heterocycles. The number of hydrogen-bond donors (Lipinski definition) is 0. The zero-order valence-corrected chi connectivity index (χ0v) is 14.8. The number of esters is 1. The molecule has 2 rings (SSSR count). The predicted molar refractivity (Wildman–Crippen MR) is 86.5 cm³/mol. The van der Waals surface area contributed by atoms with Crippen molar-refractivity contribution in [3.05, 3.63) is 0 Å². The minimum Gasteiger partial charge on any atom is -0.464 e. The van der Waals surface area contributed by atoms with E-state index < -0.39 is 18.1 Å². The van der Waals surface area contributed by atoms with Crippen molar-refractivity contribution in [2.75, 3.05) is 19.7 Å². The van der Waals surface area contributed by atoms with Crippen molar-refractivity contribution in [1.82, 2.24) is 4.90 Å². The number of carbonyl (C=O) groups is 2. The van der Waals surface area contributed by atoms with Gasteiger partial charge in [0.25, 0.3) is 0 Å². The molecule has 1 saturated heterocycles. The van der Waals surface area contributed by atoms with Crippen LogP contribution in [0, 0.1) is 23.2 Å². The smallest absolute Gasteiger partial charge is 0.341 e. The average Bonchev–Trinajstić information content (AvgIpc) is 2.93. The highest BCUT2D eigenvalue weighted by atomic mass is 19.1. The van der Waals surface area contributed by atoms with Crippen LogP contribution in [0.5, 0.6) is 0 Å². The Bertz CT molecular complexity index is 452. The normalized spacial score (nSPS) is 31.7. The molecular formula is C18H30FNO3. The zero-order chi connectivity index (χ0) is 17.2. The van der Waals surface area contributed by atoms with Crippen LogP contribution in [0.25, 0.3) is 0 Å². The van der Waals surface area contributed by atoms with E-state index in [0.29, 0.717) is 25.4 Å². The van der Waals surface area contributed by atoms with E-state index in [1.165, 1.54) is 0 Å². The van der Waals surface area contributed by atoms with Crippen LogP contribution in [0.4, 0.5) is 4.39 Å². The van der Waals surface area contributed by atoms with Crippen LogP contribution in [0.15, 0.2) is 0 Å². The second-order valence-corrected chi connectivity index (χ2v) is 8.10. The van der Waals surface area contributed by atoms with Gasteiger partial charge in [0.05, 0.1) is 6.61 Å². The molecule has 23 heavy (non-hydrogen) atoms. The van der Waals surface area contributed by atoms with E-state index in [9.17, 15) is 14.0 Å².